The molecule has 0 saturated carbocycles. The summed E-state index contributed by atoms with van der Waals surface area (Å²) in [5, 5.41) is 23.9. The number of benzene rings is 1. The number of hydrogen-bond acceptors (Lipinski definition) is 5. The van der Waals surface area contributed by atoms with Gasteiger partial charge in [0.25, 0.3) is 0 Å². The Morgan fingerprint density at radius 2 is 2.10 bits per heavy atom. The Balaban J connectivity index is 2.61. The lowest BCUT2D eigenvalue weighted by Gasteiger charge is -2.14. The van der Waals surface area contributed by atoms with Crippen LogP contribution in [0.25, 0.3) is 0 Å². The number of ether oxygens (including phenoxy) is 1. The van der Waals surface area contributed by atoms with Crippen LogP contribution in [0, 0.1) is 6.92 Å². The number of methoxy groups -OCH3 is 1. The normalized spacial score (nSPS) is 11.9. The number of carbonyl (C=O) groups is 2. The number of hydrogen-bond donors (Lipinski definition) is 4. The Kier molecular flexibility index (Phi) is 6.64. The molecule has 0 aliphatic rings. The van der Waals surface area contributed by atoms with Gasteiger partial charge in [0, 0.05) is 13.7 Å². The molecule has 0 bridgehead atoms. The lowest BCUT2D eigenvalue weighted by molar-refractivity contribution is -0.141. The maximum Gasteiger partial charge on any atom is 0.321 e. The van der Waals surface area contributed by atoms with Gasteiger partial charge in [-0.25, -0.2) is 0 Å². The lowest BCUT2D eigenvalue weighted by atomic mass is 10.1. The number of phenolic OH excluding ortho intramolecular Hbond substituents is 1. The summed E-state index contributed by atoms with van der Waals surface area (Å²) < 4.78 is 4.81. The standard InChI is InChI=1S/C14H20N2O5/c1-9-3-4-12(17)10(7-9)16-13(18)8-11(14(19)20)15-5-6-21-2/h3-4,7,11,15,17H,5-6,8H2,1-2H3,(H,16,18)(H,19,20). The monoisotopic (exact) mass is 296 g/mol. The molecule has 0 saturated heterocycles. The van der Waals surface area contributed by atoms with Crippen LogP contribution in [0.4, 0.5) is 5.69 Å². The lowest BCUT2D eigenvalue weighted by Crippen LogP contribution is -2.41. The Morgan fingerprint density at radius 1 is 1.38 bits per heavy atom. The quantitative estimate of drug-likeness (QED) is 0.416. The summed E-state index contributed by atoms with van der Waals surface area (Å²) in [7, 11) is 1.50. The van der Waals surface area contributed by atoms with Gasteiger partial charge in [0.1, 0.15) is 11.8 Å². The van der Waals surface area contributed by atoms with E-state index in [0.717, 1.165) is 5.56 Å². The second-order valence-corrected chi connectivity index (χ2v) is 4.61. The van der Waals surface area contributed by atoms with Crippen LogP contribution in [0.2, 0.25) is 0 Å². The highest BCUT2D eigenvalue weighted by Gasteiger charge is 2.21. The maximum absolute atomic E-state index is 11.9. The Morgan fingerprint density at radius 3 is 2.71 bits per heavy atom. The number of rotatable bonds is 8. The van der Waals surface area contributed by atoms with Gasteiger partial charge < -0.3 is 25.6 Å². The van der Waals surface area contributed by atoms with E-state index in [9.17, 15) is 14.7 Å². The number of aryl methyl sites for hydroxylation is 1. The number of aromatic hydroxyl groups is 1. The molecule has 0 radical (unpaired) electrons. The molecule has 21 heavy (non-hydrogen) atoms. The van der Waals surface area contributed by atoms with Crippen LogP contribution in [-0.2, 0) is 14.3 Å². The number of carboxylic acids is 1. The van der Waals surface area contributed by atoms with Crippen molar-refractivity contribution in [3.63, 3.8) is 0 Å². The molecule has 7 heteroatoms. The minimum atomic E-state index is -1.12. The van der Waals surface area contributed by atoms with E-state index < -0.39 is 17.9 Å². The second-order valence-electron chi connectivity index (χ2n) is 4.61. The first-order valence-electron chi connectivity index (χ1n) is 6.48. The average Bonchev–Trinajstić information content (AvgIpc) is 2.42. The van der Waals surface area contributed by atoms with Crippen LogP contribution >= 0.6 is 0 Å². The summed E-state index contributed by atoms with van der Waals surface area (Å²) in [5.74, 6) is -1.67. The summed E-state index contributed by atoms with van der Waals surface area (Å²) in [6.45, 7) is 2.50. The molecule has 1 rings (SSSR count). The Labute approximate surface area is 122 Å². The van der Waals surface area contributed by atoms with Gasteiger partial charge in [-0.3, -0.25) is 9.59 Å². The third-order valence-electron chi connectivity index (χ3n) is 2.81. The van der Waals surface area contributed by atoms with E-state index in [-0.39, 0.29) is 17.9 Å². The zero-order chi connectivity index (χ0) is 15.8. The Hall–Kier alpha value is -2.12. The van der Waals surface area contributed by atoms with Crippen LogP contribution in [-0.4, -0.2) is 48.4 Å². The van der Waals surface area contributed by atoms with Crippen LogP contribution in [0.1, 0.15) is 12.0 Å². The third kappa shape index (κ3) is 5.80. The molecule has 1 atom stereocenters. The molecular weight excluding hydrogens is 276 g/mol. The van der Waals surface area contributed by atoms with Gasteiger partial charge in [-0.05, 0) is 24.6 Å². The van der Waals surface area contributed by atoms with Crippen LogP contribution < -0.4 is 10.6 Å². The SMILES string of the molecule is COCCNC(CC(=O)Nc1cc(C)ccc1O)C(=O)O. The smallest absolute Gasteiger partial charge is 0.321 e. The van der Waals surface area contributed by atoms with Crippen LogP contribution in [0.3, 0.4) is 0 Å². The fourth-order valence-corrected chi connectivity index (χ4v) is 1.72. The van der Waals surface area contributed by atoms with Crippen molar-refractivity contribution in [3.8, 4) is 5.75 Å². The van der Waals surface area contributed by atoms with Crippen molar-refractivity contribution in [2.45, 2.75) is 19.4 Å². The predicted octanol–water partition coefficient (Wildman–Crippen LogP) is 0.718. The van der Waals surface area contributed by atoms with Crippen molar-refractivity contribution < 1.29 is 24.5 Å². The van der Waals surface area contributed by atoms with E-state index in [1.54, 1.807) is 12.1 Å². The van der Waals surface area contributed by atoms with E-state index in [1.807, 2.05) is 6.92 Å². The first-order valence-corrected chi connectivity index (χ1v) is 6.48. The summed E-state index contributed by atoms with van der Waals surface area (Å²) in [6.07, 6.45) is -0.244. The van der Waals surface area contributed by atoms with Gasteiger partial charge in [-0.2, -0.15) is 0 Å². The van der Waals surface area contributed by atoms with E-state index in [0.29, 0.717) is 13.2 Å². The van der Waals surface area contributed by atoms with Gasteiger partial charge in [0.15, 0.2) is 0 Å². The number of anilines is 1. The highest BCUT2D eigenvalue weighted by Crippen LogP contribution is 2.23. The summed E-state index contributed by atoms with van der Waals surface area (Å²) in [5.41, 5.74) is 1.14. The van der Waals surface area contributed by atoms with Gasteiger partial charge in [-0.15, -0.1) is 0 Å². The third-order valence-corrected chi connectivity index (χ3v) is 2.81. The van der Waals surface area contributed by atoms with Crippen molar-refractivity contribution in [2.24, 2.45) is 0 Å². The molecule has 1 amide bonds. The minimum Gasteiger partial charge on any atom is -0.506 e. The molecule has 0 fully saturated rings. The number of phenols is 1. The number of aliphatic carboxylic acids is 1. The summed E-state index contributed by atoms with van der Waals surface area (Å²) in [4.78, 5) is 22.9. The van der Waals surface area contributed by atoms with Crippen molar-refractivity contribution in [3.05, 3.63) is 23.8 Å². The van der Waals surface area contributed by atoms with Crippen LogP contribution in [0.15, 0.2) is 18.2 Å². The number of amides is 1. The maximum atomic E-state index is 11.9. The molecular formula is C14H20N2O5. The highest BCUT2D eigenvalue weighted by molar-refractivity contribution is 5.95. The van der Waals surface area contributed by atoms with Gasteiger partial charge in [0.05, 0.1) is 18.7 Å². The first-order chi connectivity index (χ1) is 9.93. The molecule has 0 aliphatic heterocycles. The molecule has 1 aromatic carbocycles. The van der Waals surface area contributed by atoms with Crippen molar-refractivity contribution in [1.29, 1.82) is 0 Å². The predicted molar refractivity (Wildman–Crippen MR) is 77.4 cm³/mol. The molecule has 0 aromatic heterocycles. The molecule has 0 spiro atoms. The van der Waals surface area contributed by atoms with Crippen molar-refractivity contribution in [2.75, 3.05) is 25.6 Å². The minimum absolute atomic E-state index is 0.0619. The first kappa shape index (κ1) is 16.9. The van der Waals surface area contributed by atoms with E-state index >= 15 is 0 Å². The topological polar surface area (TPSA) is 108 Å². The summed E-state index contributed by atoms with van der Waals surface area (Å²) >= 11 is 0. The molecule has 0 heterocycles. The molecule has 0 aliphatic carbocycles. The van der Waals surface area contributed by atoms with Gasteiger partial charge in [-0.1, -0.05) is 6.07 Å². The zero-order valence-electron chi connectivity index (χ0n) is 12.0. The molecule has 1 unspecified atom stereocenters. The molecule has 116 valence electrons. The van der Waals surface area contributed by atoms with Crippen molar-refractivity contribution in [1.82, 2.24) is 5.32 Å². The molecule has 7 nitrogen and oxygen atoms in total. The van der Waals surface area contributed by atoms with E-state index in [4.69, 9.17) is 9.84 Å². The second kappa shape index (κ2) is 8.23. The molecule has 4 N–H and O–H groups in total. The average molecular weight is 296 g/mol. The largest absolute Gasteiger partial charge is 0.506 e. The molecule has 1 aromatic rings. The highest BCUT2D eigenvalue weighted by atomic mass is 16.5. The van der Waals surface area contributed by atoms with Gasteiger partial charge >= 0.3 is 5.97 Å². The van der Waals surface area contributed by atoms with E-state index in [2.05, 4.69) is 10.6 Å². The number of carboxylic acid groups (broad SMARTS) is 1. The van der Waals surface area contributed by atoms with Gasteiger partial charge in [0.2, 0.25) is 5.91 Å². The number of nitrogens with one attached hydrogen (secondary N) is 2. The fourth-order valence-electron chi connectivity index (χ4n) is 1.72. The van der Waals surface area contributed by atoms with Crippen LogP contribution in [0.5, 0.6) is 5.75 Å². The Bertz CT molecular complexity index is 504. The summed E-state index contributed by atoms with van der Waals surface area (Å²) in [6, 6.07) is 3.78. The zero-order valence-corrected chi connectivity index (χ0v) is 12.0. The van der Waals surface area contributed by atoms with E-state index in [1.165, 1.54) is 13.2 Å². The fraction of sp³-hybridized carbons (Fsp3) is 0.429. The number of carbonyl (C=O) groups excluding carboxylic acids is 1. The van der Waals surface area contributed by atoms with Crippen molar-refractivity contribution >= 4 is 17.6 Å².